The number of hydrogen-bond donors (Lipinski definition) is 1. The lowest BCUT2D eigenvalue weighted by Crippen LogP contribution is -2.35. The Bertz CT molecular complexity index is 348. The zero-order chi connectivity index (χ0) is 11.4. The van der Waals surface area contributed by atoms with Crippen LogP contribution < -0.4 is 10.1 Å². The van der Waals surface area contributed by atoms with E-state index in [9.17, 15) is 4.39 Å². The van der Waals surface area contributed by atoms with Gasteiger partial charge in [-0.3, -0.25) is 0 Å². The molecule has 0 bridgehead atoms. The topological polar surface area (TPSA) is 21.3 Å². The van der Waals surface area contributed by atoms with Gasteiger partial charge in [0, 0.05) is 6.04 Å². The van der Waals surface area contributed by atoms with Crippen molar-refractivity contribution in [3.8, 4) is 5.75 Å². The van der Waals surface area contributed by atoms with E-state index in [0.717, 1.165) is 24.9 Å². The summed E-state index contributed by atoms with van der Waals surface area (Å²) >= 11 is 0. The normalized spacial score (nSPS) is 20.8. The molecule has 1 N–H and O–H groups in total. The molecule has 0 aliphatic carbocycles. The highest BCUT2D eigenvalue weighted by Gasteiger charge is 2.16. The molecule has 1 aliphatic rings. The summed E-state index contributed by atoms with van der Waals surface area (Å²) in [4.78, 5) is 0. The maximum atomic E-state index is 13.9. The third-order valence-electron chi connectivity index (χ3n) is 3.14. The highest BCUT2D eigenvalue weighted by atomic mass is 19.1. The van der Waals surface area contributed by atoms with E-state index in [1.807, 2.05) is 12.1 Å². The first-order valence-electron chi connectivity index (χ1n) is 5.86. The van der Waals surface area contributed by atoms with Gasteiger partial charge >= 0.3 is 0 Å². The fourth-order valence-corrected chi connectivity index (χ4v) is 2.24. The van der Waals surface area contributed by atoms with Crippen LogP contribution in [-0.2, 0) is 6.42 Å². The Labute approximate surface area is 95.8 Å². The van der Waals surface area contributed by atoms with Gasteiger partial charge in [-0.25, -0.2) is 4.39 Å². The molecule has 1 aliphatic heterocycles. The zero-order valence-electron chi connectivity index (χ0n) is 9.63. The van der Waals surface area contributed by atoms with Gasteiger partial charge in [0.15, 0.2) is 11.6 Å². The molecule has 0 spiro atoms. The van der Waals surface area contributed by atoms with Crippen molar-refractivity contribution in [3.05, 3.63) is 29.6 Å². The maximum absolute atomic E-state index is 13.9. The number of benzene rings is 1. The third kappa shape index (κ3) is 2.53. The largest absolute Gasteiger partial charge is 0.494 e. The first-order chi connectivity index (χ1) is 7.81. The molecule has 3 heteroatoms. The molecule has 0 aromatic heterocycles. The summed E-state index contributed by atoms with van der Waals surface area (Å²) in [6.07, 6.45) is 4.36. The van der Waals surface area contributed by atoms with Crippen molar-refractivity contribution in [2.24, 2.45) is 0 Å². The highest BCUT2D eigenvalue weighted by molar-refractivity contribution is 5.31. The minimum Gasteiger partial charge on any atom is -0.494 e. The number of piperidine rings is 1. The average Bonchev–Trinajstić information content (AvgIpc) is 2.33. The Morgan fingerprint density at radius 3 is 3.00 bits per heavy atom. The van der Waals surface area contributed by atoms with Crippen molar-refractivity contribution in [2.75, 3.05) is 13.7 Å². The molecule has 1 heterocycles. The molecule has 1 fully saturated rings. The van der Waals surface area contributed by atoms with Crippen molar-refractivity contribution in [1.82, 2.24) is 5.32 Å². The van der Waals surface area contributed by atoms with E-state index in [0.29, 0.717) is 11.8 Å². The fourth-order valence-electron chi connectivity index (χ4n) is 2.24. The molecule has 0 radical (unpaired) electrons. The minimum absolute atomic E-state index is 0.211. The summed E-state index contributed by atoms with van der Waals surface area (Å²) in [6, 6.07) is 5.76. The van der Waals surface area contributed by atoms with Gasteiger partial charge in [0.05, 0.1) is 7.11 Å². The van der Waals surface area contributed by atoms with E-state index in [2.05, 4.69) is 5.32 Å². The molecule has 0 saturated carbocycles. The molecule has 2 nitrogen and oxygen atoms in total. The zero-order valence-corrected chi connectivity index (χ0v) is 9.63. The summed E-state index contributed by atoms with van der Waals surface area (Å²) < 4.78 is 18.9. The van der Waals surface area contributed by atoms with Gasteiger partial charge in [-0.2, -0.15) is 0 Å². The third-order valence-corrected chi connectivity index (χ3v) is 3.14. The first-order valence-corrected chi connectivity index (χ1v) is 5.86. The van der Waals surface area contributed by atoms with Crippen molar-refractivity contribution in [2.45, 2.75) is 31.7 Å². The van der Waals surface area contributed by atoms with Gasteiger partial charge in [0.2, 0.25) is 0 Å². The molecule has 1 saturated heterocycles. The van der Waals surface area contributed by atoms with E-state index in [4.69, 9.17) is 4.74 Å². The maximum Gasteiger partial charge on any atom is 0.168 e. The van der Waals surface area contributed by atoms with E-state index >= 15 is 0 Å². The second-order valence-corrected chi connectivity index (χ2v) is 4.28. The van der Waals surface area contributed by atoms with Gasteiger partial charge in [-0.05, 0) is 37.4 Å². The summed E-state index contributed by atoms with van der Waals surface area (Å²) in [5.74, 6) is 0.130. The van der Waals surface area contributed by atoms with Gasteiger partial charge < -0.3 is 10.1 Å². The van der Waals surface area contributed by atoms with Gasteiger partial charge in [0.25, 0.3) is 0 Å². The van der Waals surface area contributed by atoms with E-state index in [-0.39, 0.29) is 5.82 Å². The number of rotatable bonds is 3. The Balaban J connectivity index is 2.08. The summed E-state index contributed by atoms with van der Waals surface area (Å²) in [7, 11) is 1.50. The second kappa shape index (κ2) is 5.30. The summed E-state index contributed by atoms with van der Waals surface area (Å²) in [5.41, 5.74) is 0.749. The SMILES string of the molecule is COc1cccc(CC2CCCCN2)c1F. The second-order valence-electron chi connectivity index (χ2n) is 4.28. The van der Waals surface area contributed by atoms with Gasteiger partial charge in [0.1, 0.15) is 0 Å². The van der Waals surface area contributed by atoms with E-state index in [1.54, 1.807) is 6.07 Å². The van der Waals surface area contributed by atoms with Crippen molar-refractivity contribution < 1.29 is 9.13 Å². The summed E-state index contributed by atoms with van der Waals surface area (Å²) in [5, 5.41) is 3.42. The monoisotopic (exact) mass is 223 g/mol. The molecule has 0 amide bonds. The Morgan fingerprint density at radius 1 is 1.44 bits per heavy atom. The Hall–Kier alpha value is -1.09. The van der Waals surface area contributed by atoms with Crippen LogP contribution in [0.15, 0.2) is 18.2 Å². The van der Waals surface area contributed by atoms with Crippen LogP contribution in [0.4, 0.5) is 4.39 Å². The number of halogens is 1. The van der Waals surface area contributed by atoms with E-state index < -0.39 is 0 Å². The highest BCUT2D eigenvalue weighted by Crippen LogP contribution is 2.22. The van der Waals surface area contributed by atoms with Crippen LogP contribution in [-0.4, -0.2) is 19.7 Å². The molecule has 16 heavy (non-hydrogen) atoms. The van der Waals surface area contributed by atoms with Crippen LogP contribution in [0.1, 0.15) is 24.8 Å². The lowest BCUT2D eigenvalue weighted by molar-refractivity contribution is 0.373. The van der Waals surface area contributed by atoms with Gasteiger partial charge in [-0.1, -0.05) is 18.6 Å². The number of methoxy groups -OCH3 is 1. The number of ether oxygens (including phenoxy) is 1. The lowest BCUT2D eigenvalue weighted by Gasteiger charge is -2.23. The molecule has 1 atom stereocenters. The van der Waals surface area contributed by atoms with Crippen LogP contribution in [0.25, 0.3) is 0 Å². The number of nitrogens with one attached hydrogen (secondary N) is 1. The Kier molecular flexibility index (Phi) is 3.78. The van der Waals surface area contributed by atoms with Crippen LogP contribution >= 0.6 is 0 Å². The molecule has 1 aromatic rings. The minimum atomic E-state index is -0.211. The standard InChI is InChI=1S/C13H18FNO/c1-16-12-7-4-5-10(13(12)14)9-11-6-2-3-8-15-11/h4-5,7,11,15H,2-3,6,8-9H2,1H3. The van der Waals surface area contributed by atoms with Crippen LogP contribution in [0.5, 0.6) is 5.75 Å². The molecule has 1 unspecified atom stereocenters. The average molecular weight is 223 g/mol. The smallest absolute Gasteiger partial charge is 0.168 e. The van der Waals surface area contributed by atoms with Gasteiger partial charge in [-0.15, -0.1) is 0 Å². The van der Waals surface area contributed by atoms with Crippen molar-refractivity contribution >= 4 is 0 Å². The van der Waals surface area contributed by atoms with E-state index in [1.165, 1.54) is 20.0 Å². The molecule has 88 valence electrons. The van der Waals surface area contributed by atoms with Crippen LogP contribution in [0.3, 0.4) is 0 Å². The number of hydrogen-bond acceptors (Lipinski definition) is 2. The van der Waals surface area contributed by atoms with Crippen molar-refractivity contribution in [3.63, 3.8) is 0 Å². The quantitative estimate of drug-likeness (QED) is 0.850. The molecular formula is C13H18FNO. The predicted octanol–water partition coefficient (Wildman–Crippen LogP) is 2.52. The van der Waals surface area contributed by atoms with Crippen LogP contribution in [0.2, 0.25) is 0 Å². The molecular weight excluding hydrogens is 205 g/mol. The van der Waals surface area contributed by atoms with Crippen LogP contribution in [0, 0.1) is 5.82 Å². The molecule has 1 aromatic carbocycles. The summed E-state index contributed by atoms with van der Waals surface area (Å²) in [6.45, 7) is 1.05. The first kappa shape index (κ1) is 11.4. The van der Waals surface area contributed by atoms with Crippen molar-refractivity contribution in [1.29, 1.82) is 0 Å². The molecule has 2 rings (SSSR count). The predicted molar refractivity (Wildman–Crippen MR) is 62.3 cm³/mol. The Morgan fingerprint density at radius 2 is 2.31 bits per heavy atom. The fraction of sp³-hybridized carbons (Fsp3) is 0.538. The lowest BCUT2D eigenvalue weighted by atomic mass is 9.97.